The highest BCUT2D eigenvalue weighted by molar-refractivity contribution is 5.57. The molecule has 0 saturated carbocycles. The van der Waals surface area contributed by atoms with Crippen molar-refractivity contribution >= 4 is 6.41 Å². The smallest absolute Gasteiger partial charge is 0.207 e. The first-order chi connectivity index (χ1) is 7.90. The molecule has 16 heavy (non-hydrogen) atoms. The predicted octanol–water partition coefficient (Wildman–Crippen LogP) is 1.30. The zero-order valence-electron chi connectivity index (χ0n) is 8.84. The van der Waals surface area contributed by atoms with Crippen LogP contribution in [0.4, 0.5) is 0 Å². The maximum absolute atomic E-state index is 10.1. The first-order valence-electron chi connectivity index (χ1n) is 5.16. The standard InChI is InChI=1S/C12H13N3O/c16-10-13-7-9-15-8-6-12(14-15)11-4-2-1-3-5-11/h1-6,8,10H,7,9H2,(H,13,16). The number of hydrogen-bond donors (Lipinski definition) is 1. The van der Waals surface area contributed by atoms with Crippen molar-refractivity contribution in [3.05, 3.63) is 42.6 Å². The molecule has 0 fully saturated rings. The lowest BCUT2D eigenvalue weighted by Crippen LogP contribution is -2.18. The second kappa shape index (κ2) is 5.11. The molecule has 1 N–H and O–H groups in total. The van der Waals surface area contributed by atoms with Crippen molar-refractivity contribution in [1.29, 1.82) is 0 Å². The van der Waals surface area contributed by atoms with E-state index in [1.54, 1.807) is 0 Å². The minimum Gasteiger partial charge on any atom is -0.357 e. The van der Waals surface area contributed by atoms with Crippen LogP contribution in [-0.2, 0) is 11.3 Å². The zero-order valence-corrected chi connectivity index (χ0v) is 8.84. The fourth-order valence-corrected chi connectivity index (χ4v) is 1.49. The molecule has 1 aromatic carbocycles. The van der Waals surface area contributed by atoms with Crippen LogP contribution in [-0.4, -0.2) is 22.7 Å². The Bertz CT molecular complexity index is 450. The average Bonchev–Trinajstić information content (AvgIpc) is 2.79. The molecule has 2 rings (SSSR count). The first-order valence-corrected chi connectivity index (χ1v) is 5.16. The van der Waals surface area contributed by atoms with Gasteiger partial charge in [-0.15, -0.1) is 0 Å². The highest BCUT2D eigenvalue weighted by Crippen LogP contribution is 2.15. The molecule has 1 aromatic heterocycles. The molecule has 0 aliphatic carbocycles. The van der Waals surface area contributed by atoms with E-state index in [0.717, 1.165) is 11.3 Å². The van der Waals surface area contributed by atoms with E-state index in [4.69, 9.17) is 0 Å². The van der Waals surface area contributed by atoms with Crippen LogP contribution in [0.5, 0.6) is 0 Å². The van der Waals surface area contributed by atoms with Crippen LogP contribution in [0, 0.1) is 0 Å². The van der Waals surface area contributed by atoms with Gasteiger partial charge in [-0.05, 0) is 6.07 Å². The van der Waals surface area contributed by atoms with E-state index in [1.165, 1.54) is 0 Å². The molecule has 0 spiro atoms. The van der Waals surface area contributed by atoms with Gasteiger partial charge in [-0.25, -0.2) is 0 Å². The van der Waals surface area contributed by atoms with Gasteiger partial charge in [-0.3, -0.25) is 9.48 Å². The molecule has 1 amide bonds. The van der Waals surface area contributed by atoms with Gasteiger partial charge in [0.1, 0.15) is 0 Å². The van der Waals surface area contributed by atoms with Crippen LogP contribution in [0.3, 0.4) is 0 Å². The van der Waals surface area contributed by atoms with Crippen molar-refractivity contribution in [1.82, 2.24) is 15.1 Å². The molecule has 0 aliphatic rings. The predicted molar refractivity (Wildman–Crippen MR) is 61.7 cm³/mol. The lowest BCUT2D eigenvalue weighted by molar-refractivity contribution is -0.109. The number of nitrogens with zero attached hydrogens (tertiary/aromatic N) is 2. The third-order valence-corrected chi connectivity index (χ3v) is 2.28. The molecule has 0 unspecified atom stereocenters. The van der Waals surface area contributed by atoms with Gasteiger partial charge in [0, 0.05) is 18.3 Å². The topological polar surface area (TPSA) is 46.9 Å². The van der Waals surface area contributed by atoms with Crippen LogP contribution < -0.4 is 5.32 Å². The van der Waals surface area contributed by atoms with Crippen LogP contribution in [0.25, 0.3) is 11.3 Å². The third-order valence-electron chi connectivity index (χ3n) is 2.28. The number of benzene rings is 1. The Balaban J connectivity index is 2.05. The van der Waals surface area contributed by atoms with Crippen molar-refractivity contribution in [3.63, 3.8) is 0 Å². The van der Waals surface area contributed by atoms with Crippen LogP contribution in [0.15, 0.2) is 42.6 Å². The van der Waals surface area contributed by atoms with E-state index in [2.05, 4.69) is 10.4 Å². The maximum atomic E-state index is 10.1. The Morgan fingerprint density at radius 3 is 2.81 bits per heavy atom. The minimum absolute atomic E-state index is 0.597. The molecular weight excluding hydrogens is 202 g/mol. The maximum Gasteiger partial charge on any atom is 0.207 e. The minimum atomic E-state index is 0.597. The number of carbonyl (C=O) groups excluding carboxylic acids is 1. The third kappa shape index (κ3) is 2.48. The fraction of sp³-hybridized carbons (Fsp3) is 0.167. The molecule has 2 aromatic rings. The van der Waals surface area contributed by atoms with E-state index in [-0.39, 0.29) is 0 Å². The summed E-state index contributed by atoms with van der Waals surface area (Å²) in [5.41, 5.74) is 2.05. The van der Waals surface area contributed by atoms with Crippen molar-refractivity contribution in [2.45, 2.75) is 6.54 Å². The molecule has 0 aliphatic heterocycles. The van der Waals surface area contributed by atoms with Gasteiger partial charge in [-0.2, -0.15) is 5.10 Å². The van der Waals surface area contributed by atoms with Crippen molar-refractivity contribution < 1.29 is 4.79 Å². The van der Waals surface area contributed by atoms with Gasteiger partial charge in [0.15, 0.2) is 0 Å². The van der Waals surface area contributed by atoms with Gasteiger partial charge >= 0.3 is 0 Å². The quantitative estimate of drug-likeness (QED) is 0.603. The molecule has 0 bridgehead atoms. The Hall–Kier alpha value is -2.10. The number of aromatic nitrogens is 2. The van der Waals surface area contributed by atoms with Gasteiger partial charge in [0.2, 0.25) is 6.41 Å². The van der Waals surface area contributed by atoms with Gasteiger partial charge in [0.05, 0.1) is 12.2 Å². The summed E-state index contributed by atoms with van der Waals surface area (Å²) in [5.74, 6) is 0. The van der Waals surface area contributed by atoms with E-state index in [9.17, 15) is 4.79 Å². The van der Waals surface area contributed by atoms with Gasteiger partial charge in [-0.1, -0.05) is 30.3 Å². The largest absolute Gasteiger partial charge is 0.357 e. The Labute approximate surface area is 93.9 Å². The molecule has 82 valence electrons. The number of hydrogen-bond acceptors (Lipinski definition) is 2. The normalized spacial score (nSPS) is 10.0. The van der Waals surface area contributed by atoms with Crippen LogP contribution in [0.1, 0.15) is 0 Å². The number of rotatable bonds is 5. The Kier molecular flexibility index (Phi) is 3.33. The zero-order chi connectivity index (χ0) is 11.2. The first kappa shape index (κ1) is 10.4. The molecule has 0 radical (unpaired) electrons. The highest BCUT2D eigenvalue weighted by atomic mass is 16.1. The molecule has 0 saturated heterocycles. The number of carbonyl (C=O) groups is 1. The summed E-state index contributed by atoms with van der Waals surface area (Å²) in [6.45, 7) is 1.28. The molecule has 4 heteroatoms. The SMILES string of the molecule is O=CNCCn1ccc(-c2ccccc2)n1. The van der Waals surface area contributed by atoms with Crippen molar-refractivity contribution in [3.8, 4) is 11.3 Å². The second-order valence-corrected chi connectivity index (χ2v) is 3.40. The number of nitrogens with one attached hydrogen (secondary N) is 1. The average molecular weight is 215 g/mol. The summed E-state index contributed by atoms with van der Waals surface area (Å²) in [6.07, 6.45) is 2.61. The summed E-state index contributed by atoms with van der Waals surface area (Å²) in [6, 6.07) is 12.0. The summed E-state index contributed by atoms with van der Waals surface area (Å²) in [5, 5.41) is 7.02. The Morgan fingerprint density at radius 2 is 2.06 bits per heavy atom. The molecule has 4 nitrogen and oxygen atoms in total. The second-order valence-electron chi connectivity index (χ2n) is 3.40. The van der Waals surface area contributed by atoms with Gasteiger partial charge < -0.3 is 5.32 Å². The summed E-state index contributed by atoms with van der Waals surface area (Å²) in [7, 11) is 0. The number of amides is 1. The molecule has 1 heterocycles. The summed E-state index contributed by atoms with van der Waals surface area (Å²) in [4.78, 5) is 10.1. The fourth-order valence-electron chi connectivity index (χ4n) is 1.49. The van der Waals surface area contributed by atoms with Gasteiger partial charge in [0.25, 0.3) is 0 Å². The summed E-state index contributed by atoms with van der Waals surface area (Å²) >= 11 is 0. The molecule has 0 atom stereocenters. The monoisotopic (exact) mass is 215 g/mol. The van der Waals surface area contributed by atoms with Crippen molar-refractivity contribution in [2.75, 3.05) is 6.54 Å². The van der Waals surface area contributed by atoms with E-state index < -0.39 is 0 Å². The lowest BCUT2D eigenvalue weighted by Gasteiger charge is -1.99. The van der Waals surface area contributed by atoms with Crippen LogP contribution in [0.2, 0.25) is 0 Å². The Morgan fingerprint density at radius 1 is 1.25 bits per heavy atom. The summed E-state index contributed by atoms with van der Waals surface area (Å²) < 4.78 is 1.82. The van der Waals surface area contributed by atoms with Crippen molar-refractivity contribution in [2.24, 2.45) is 0 Å². The van der Waals surface area contributed by atoms with E-state index in [0.29, 0.717) is 19.5 Å². The van der Waals surface area contributed by atoms with Crippen LogP contribution >= 0.6 is 0 Å². The molecular formula is C12H13N3O. The highest BCUT2D eigenvalue weighted by Gasteiger charge is 2.00. The lowest BCUT2D eigenvalue weighted by atomic mass is 10.2. The van der Waals surface area contributed by atoms with E-state index >= 15 is 0 Å². The van der Waals surface area contributed by atoms with E-state index in [1.807, 2.05) is 47.3 Å².